The number of carbonyl (C=O) groups excluding carboxylic acids is 3. The Labute approximate surface area is 93.9 Å². The second-order valence-electron chi connectivity index (χ2n) is 3.66. The molecule has 0 aromatic rings. The molecule has 0 aliphatic carbocycles. The molecule has 1 heterocycles. The Kier molecular flexibility index (Phi) is 4.28. The molecule has 1 fully saturated rings. The average molecular weight is 228 g/mol. The summed E-state index contributed by atoms with van der Waals surface area (Å²) in [4.78, 5) is 35.2. The van der Waals surface area contributed by atoms with E-state index in [0.717, 1.165) is 6.42 Å². The van der Waals surface area contributed by atoms with E-state index in [1.807, 2.05) is 0 Å². The maximum Gasteiger partial charge on any atom is 0.325 e. The van der Waals surface area contributed by atoms with Gasteiger partial charge in [-0.05, 0) is 12.8 Å². The summed E-state index contributed by atoms with van der Waals surface area (Å²) in [5.74, 6) is -0.908. The molecule has 2 amide bonds. The third kappa shape index (κ3) is 2.95. The number of likely N-dealkylation sites (tertiary alicyclic amines) is 1. The Morgan fingerprint density at radius 3 is 2.69 bits per heavy atom. The highest BCUT2D eigenvalue weighted by Gasteiger charge is 2.32. The Balaban J connectivity index is 2.47. The molecule has 1 saturated heterocycles. The Morgan fingerprint density at radius 2 is 2.12 bits per heavy atom. The summed E-state index contributed by atoms with van der Waals surface area (Å²) in [5.41, 5.74) is 0. The van der Waals surface area contributed by atoms with Gasteiger partial charge in [0.25, 0.3) is 0 Å². The number of hydrogen-bond acceptors (Lipinski definition) is 4. The number of methoxy groups -OCH3 is 1. The molecule has 1 N–H and O–H groups in total. The van der Waals surface area contributed by atoms with E-state index in [4.69, 9.17) is 0 Å². The quantitative estimate of drug-likeness (QED) is 0.647. The largest absolute Gasteiger partial charge is 0.468 e. The van der Waals surface area contributed by atoms with Crippen molar-refractivity contribution in [2.24, 2.45) is 0 Å². The summed E-state index contributed by atoms with van der Waals surface area (Å²) in [6.07, 6.45) is 1.46. The Hall–Kier alpha value is -1.59. The Morgan fingerprint density at radius 1 is 1.44 bits per heavy atom. The van der Waals surface area contributed by atoms with E-state index >= 15 is 0 Å². The molecule has 6 nitrogen and oxygen atoms in total. The van der Waals surface area contributed by atoms with Crippen molar-refractivity contribution >= 4 is 17.8 Å². The third-order valence-corrected chi connectivity index (χ3v) is 2.59. The summed E-state index contributed by atoms with van der Waals surface area (Å²) in [6.45, 7) is 1.88. The molecule has 6 heteroatoms. The van der Waals surface area contributed by atoms with Crippen LogP contribution in [-0.4, -0.2) is 48.9 Å². The number of ether oxygens (including phenoxy) is 1. The lowest BCUT2D eigenvalue weighted by Crippen LogP contribution is -2.46. The molecular weight excluding hydrogens is 212 g/mol. The van der Waals surface area contributed by atoms with Gasteiger partial charge in [-0.2, -0.15) is 0 Å². The first-order valence-electron chi connectivity index (χ1n) is 5.18. The van der Waals surface area contributed by atoms with Crippen LogP contribution in [0.4, 0.5) is 0 Å². The van der Waals surface area contributed by atoms with Gasteiger partial charge in [0.05, 0.1) is 7.11 Å². The first-order valence-corrected chi connectivity index (χ1v) is 5.18. The van der Waals surface area contributed by atoms with E-state index in [-0.39, 0.29) is 18.4 Å². The predicted octanol–water partition coefficient (Wildman–Crippen LogP) is -0.713. The van der Waals surface area contributed by atoms with Crippen LogP contribution in [0, 0.1) is 0 Å². The van der Waals surface area contributed by atoms with Crippen LogP contribution in [0.5, 0.6) is 0 Å². The number of amides is 2. The van der Waals surface area contributed by atoms with Crippen molar-refractivity contribution < 1.29 is 19.1 Å². The number of esters is 1. The van der Waals surface area contributed by atoms with Crippen molar-refractivity contribution in [3.8, 4) is 0 Å². The van der Waals surface area contributed by atoms with Crippen LogP contribution < -0.4 is 5.32 Å². The van der Waals surface area contributed by atoms with E-state index in [9.17, 15) is 14.4 Å². The minimum absolute atomic E-state index is 0.115. The van der Waals surface area contributed by atoms with Crippen molar-refractivity contribution in [2.75, 3.05) is 20.2 Å². The SMILES string of the molecule is COC(=O)CNC(=O)[C@@H]1CCCN1C(C)=O. The summed E-state index contributed by atoms with van der Waals surface area (Å²) >= 11 is 0. The topological polar surface area (TPSA) is 75.7 Å². The van der Waals surface area contributed by atoms with Gasteiger partial charge in [0, 0.05) is 13.5 Å². The lowest BCUT2D eigenvalue weighted by Gasteiger charge is -2.22. The number of hydrogen-bond donors (Lipinski definition) is 1. The van der Waals surface area contributed by atoms with Crippen LogP contribution in [0.25, 0.3) is 0 Å². The molecule has 0 aromatic heterocycles. The summed E-state index contributed by atoms with van der Waals surface area (Å²) in [7, 11) is 1.26. The predicted molar refractivity (Wildman–Crippen MR) is 55.4 cm³/mol. The second-order valence-corrected chi connectivity index (χ2v) is 3.66. The van der Waals surface area contributed by atoms with E-state index in [1.165, 1.54) is 18.9 Å². The van der Waals surface area contributed by atoms with Crippen molar-refractivity contribution in [1.29, 1.82) is 0 Å². The van der Waals surface area contributed by atoms with Gasteiger partial charge in [0.15, 0.2) is 0 Å². The summed E-state index contributed by atoms with van der Waals surface area (Å²) in [6, 6.07) is -0.442. The molecule has 0 radical (unpaired) electrons. The average Bonchev–Trinajstić information content (AvgIpc) is 2.74. The standard InChI is InChI=1S/C10H16N2O4/c1-7(13)12-5-3-4-8(12)10(15)11-6-9(14)16-2/h8H,3-6H2,1-2H3,(H,11,15)/t8-/m0/s1. The molecule has 0 aromatic carbocycles. The fourth-order valence-corrected chi connectivity index (χ4v) is 1.77. The molecule has 0 unspecified atom stereocenters. The van der Waals surface area contributed by atoms with Gasteiger partial charge in [-0.25, -0.2) is 0 Å². The molecule has 1 aliphatic heterocycles. The van der Waals surface area contributed by atoms with Crippen molar-refractivity contribution in [1.82, 2.24) is 10.2 Å². The minimum atomic E-state index is -0.499. The number of carbonyl (C=O) groups is 3. The maximum absolute atomic E-state index is 11.7. The first kappa shape index (κ1) is 12.5. The zero-order chi connectivity index (χ0) is 12.1. The molecule has 0 spiro atoms. The van der Waals surface area contributed by atoms with E-state index in [2.05, 4.69) is 10.1 Å². The van der Waals surface area contributed by atoms with E-state index in [0.29, 0.717) is 13.0 Å². The van der Waals surface area contributed by atoms with Crippen molar-refractivity contribution in [3.63, 3.8) is 0 Å². The van der Waals surface area contributed by atoms with Crippen LogP contribution in [0.15, 0.2) is 0 Å². The van der Waals surface area contributed by atoms with E-state index < -0.39 is 12.0 Å². The van der Waals surface area contributed by atoms with Crippen molar-refractivity contribution in [2.45, 2.75) is 25.8 Å². The minimum Gasteiger partial charge on any atom is -0.468 e. The van der Waals surface area contributed by atoms with Gasteiger partial charge < -0.3 is 15.0 Å². The smallest absolute Gasteiger partial charge is 0.325 e. The summed E-state index contributed by atoms with van der Waals surface area (Å²) in [5, 5.41) is 2.45. The summed E-state index contributed by atoms with van der Waals surface area (Å²) < 4.78 is 4.40. The lowest BCUT2D eigenvalue weighted by molar-refractivity contribution is -0.142. The zero-order valence-electron chi connectivity index (χ0n) is 9.49. The monoisotopic (exact) mass is 228 g/mol. The molecule has 0 saturated carbocycles. The molecule has 1 rings (SSSR count). The van der Waals surface area contributed by atoms with Crippen LogP contribution in [0.2, 0.25) is 0 Å². The van der Waals surface area contributed by atoms with Gasteiger partial charge in [0.1, 0.15) is 12.6 Å². The Bertz CT molecular complexity index is 303. The zero-order valence-corrected chi connectivity index (χ0v) is 9.49. The lowest BCUT2D eigenvalue weighted by atomic mass is 10.2. The fourth-order valence-electron chi connectivity index (χ4n) is 1.77. The highest BCUT2D eigenvalue weighted by molar-refractivity contribution is 5.89. The van der Waals surface area contributed by atoms with Crippen LogP contribution >= 0.6 is 0 Å². The molecular formula is C10H16N2O4. The van der Waals surface area contributed by atoms with Crippen LogP contribution in [0.3, 0.4) is 0 Å². The van der Waals surface area contributed by atoms with Crippen LogP contribution in [0.1, 0.15) is 19.8 Å². The third-order valence-electron chi connectivity index (χ3n) is 2.59. The van der Waals surface area contributed by atoms with Gasteiger partial charge in [0.2, 0.25) is 11.8 Å². The first-order chi connectivity index (χ1) is 7.56. The number of nitrogens with zero attached hydrogens (tertiary/aromatic N) is 1. The van der Waals surface area contributed by atoms with Crippen LogP contribution in [-0.2, 0) is 19.1 Å². The van der Waals surface area contributed by atoms with Gasteiger partial charge in [-0.15, -0.1) is 0 Å². The second kappa shape index (κ2) is 5.48. The molecule has 90 valence electrons. The van der Waals surface area contributed by atoms with E-state index in [1.54, 1.807) is 0 Å². The van der Waals surface area contributed by atoms with Gasteiger partial charge in [-0.3, -0.25) is 14.4 Å². The highest BCUT2D eigenvalue weighted by atomic mass is 16.5. The number of rotatable bonds is 3. The molecule has 16 heavy (non-hydrogen) atoms. The van der Waals surface area contributed by atoms with Gasteiger partial charge >= 0.3 is 5.97 Å². The number of nitrogens with one attached hydrogen (secondary N) is 1. The molecule has 0 bridgehead atoms. The molecule has 1 atom stereocenters. The highest BCUT2D eigenvalue weighted by Crippen LogP contribution is 2.17. The van der Waals surface area contributed by atoms with Gasteiger partial charge in [-0.1, -0.05) is 0 Å². The molecule has 1 aliphatic rings. The maximum atomic E-state index is 11.7. The van der Waals surface area contributed by atoms with Crippen molar-refractivity contribution in [3.05, 3.63) is 0 Å². The normalized spacial score (nSPS) is 19.4. The fraction of sp³-hybridized carbons (Fsp3) is 0.700.